The van der Waals surface area contributed by atoms with Gasteiger partial charge in [0.15, 0.2) is 11.4 Å². The second-order valence-electron chi connectivity index (χ2n) is 9.49. The van der Waals surface area contributed by atoms with Crippen LogP contribution in [-0.4, -0.2) is 41.3 Å². The van der Waals surface area contributed by atoms with Gasteiger partial charge in [0.2, 0.25) is 5.43 Å². The summed E-state index contributed by atoms with van der Waals surface area (Å²) in [6, 6.07) is 8.38. The van der Waals surface area contributed by atoms with Crippen LogP contribution in [0.5, 0.6) is 5.75 Å². The topological polar surface area (TPSA) is 101 Å². The van der Waals surface area contributed by atoms with Gasteiger partial charge in [-0.2, -0.15) is 0 Å². The number of benzene rings is 1. The van der Waals surface area contributed by atoms with Gasteiger partial charge in [0.1, 0.15) is 30.0 Å². The highest BCUT2D eigenvalue weighted by Crippen LogP contribution is 2.28. The molecule has 4 rings (SSSR count). The smallest absolute Gasteiger partial charge is 0.274 e. The number of carbonyl (C=O) groups excluding carboxylic acids is 2. The second kappa shape index (κ2) is 12.1. The minimum Gasteiger partial charge on any atom is -0.482 e. The lowest BCUT2D eigenvalue weighted by atomic mass is 9.97. The Balaban J connectivity index is 1.71. The van der Waals surface area contributed by atoms with Crippen LogP contribution in [0.1, 0.15) is 46.7 Å². The van der Waals surface area contributed by atoms with E-state index in [2.05, 4.69) is 16.1 Å². The predicted molar refractivity (Wildman–Crippen MR) is 140 cm³/mol. The van der Waals surface area contributed by atoms with Crippen molar-refractivity contribution >= 4 is 11.8 Å². The summed E-state index contributed by atoms with van der Waals surface area (Å²) in [5.41, 5.74) is 2.39. The minimum absolute atomic E-state index is 0.0635. The van der Waals surface area contributed by atoms with Gasteiger partial charge in [-0.25, -0.2) is 13.2 Å². The van der Waals surface area contributed by atoms with Crippen molar-refractivity contribution in [2.45, 2.75) is 45.1 Å². The number of rotatable bonds is 6. The molecule has 2 aromatic rings. The Morgan fingerprint density at radius 2 is 1.92 bits per heavy atom. The summed E-state index contributed by atoms with van der Waals surface area (Å²) in [6.07, 6.45) is 4.62. The third-order valence-corrected chi connectivity index (χ3v) is 6.30. The lowest BCUT2D eigenvalue weighted by Gasteiger charge is -2.25. The van der Waals surface area contributed by atoms with Crippen molar-refractivity contribution in [2.24, 2.45) is 5.92 Å². The van der Waals surface area contributed by atoms with Gasteiger partial charge < -0.3 is 20.8 Å². The zero-order valence-corrected chi connectivity index (χ0v) is 21.4. The van der Waals surface area contributed by atoms with E-state index in [0.29, 0.717) is 18.6 Å². The first-order valence-corrected chi connectivity index (χ1v) is 12.5. The highest BCUT2D eigenvalue weighted by Gasteiger charge is 2.31. The molecule has 0 saturated carbocycles. The van der Waals surface area contributed by atoms with Crippen molar-refractivity contribution in [1.29, 1.82) is 0 Å². The van der Waals surface area contributed by atoms with E-state index in [4.69, 9.17) is 4.74 Å². The Labute approximate surface area is 223 Å². The second-order valence-corrected chi connectivity index (χ2v) is 9.49. The number of hydrogen-bond acceptors (Lipinski definition) is 5. The Morgan fingerprint density at radius 3 is 2.64 bits per heavy atom. The Bertz CT molecular complexity index is 1390. The van der Waals surface area contributed by atoms with Crippen LogP contribution in [0, 0.1) is 5.92 Å². The zero-order valence-electron chi connectivity index (χ0n) is 21.4. The zero-order chi connectivity index (χ0) is 28.1. The highest BCUT2D eigenvalue weighted by molar-refractivity contribution is 5.99. The lowest BCUT2D eigenvalue weighted by molar-refractivity contribution is 0.0917. The van der Waals surface area contributed by atoms with Crippen molar-refractivity contribution in [3.8, 4) is 5.75 Å². The molecule has 0 saturated heterocycles. The summed E-state index contributed by atoms with van der Waals surface area (Å²) in [7, 11) is 0. The van der Waals surface area contributed by atoms with Gasteiger partial charge in [-0.15, -0.1) is 0 Å². The van der Waals surface area contributed by atoms with Crippen molar-refractivity contribution in [3.63, 3.8) is 0 Å². The number of allylic oxidation sites excluding steroid dienone is 3. The molecular formula is C28H29F3N4O4. The summed E-state index contributed by atoms with van der Waals surface area (Å²) >= 11 is 0. The molecule has 1 aliphatic carbocycles. The van der Waals surface area contributed by atoms with E-state index < -0.39 is 53.1 Å². The molecule has 2 unspecified atom stereocenters. The van der Waals surface area contributed by atoms with E-state index in [-0.39, 0.29) is 30.1 Å². The standard InChI is InChI=1S/C28H29F3N4O4/c1-16-7-6-8-17(2)34-35-14-21(27(37)32-13-20-22(30)11-19(29)12-23(20)31)25(36)26(24(35)28(38)33-16)39-15-18-9-4-3-5-10-18/h3-7,9-12,14,16-17,20,22,34H,8,13,15H2,1-2H3,(H,32,37)(H,33,38)/b7-6-/t16-,17+,20?,22?/m0/s1. The molecule has 206 valence electrons. The molecule has 1 aromatic heterocycles. The third kappa shape index (κ3) is 6.60. The number of alkyl halides is 1. The van der Waals surface area contributed by atoms with Crippen molar-refractivity contribution in [3.05, 3.63) is 99.5 Å². The number of fused-ring (bicyclic) bond motifs is 1. The molecule has 2 aliphatic rings. The third-order valence-electron chi connectivity index (χ3n) is 6.30. The summed E-state index contributed by atoms with van der Waals surface area (Å²) in [5.74, 6) is -5.46. The van der Waals surface area contributed by atoms with E-state index in [9.17, 15) is 27.6 Å². The molecule has 1 aromatic carbocycles. The van der Waals surface area contributed by atoms with E-state index in [1.807, 2.05) is 25.1 Å². The average molecular weight is 543 g/mol. The van der Waals surface area contributed by atoms with Gasteiger partial charge in [0.25, 0.3) is 11.8 Å². The fourth-order valence-electron chi connectivity index (χ4n) is 4.25. The van der Waals surface area contributed by atoms with E-state index in [1.165, 1.54) is 4.68 Å². The molecule has 0 spiro atoms. The fourth-order valence-corrected chi connectivity index (χ4v) is 4.25. The first-order valence-electron chi connectivity index (χ1n) is 12.5. The van der Waals surface area contributed by atoms with Crippen LogP contribution < -0.4 is 26.2 Å². The van der Waals surface area contributed by atoms with Crippen molar-refractivity contribution in [2.75, 3.05) is 12.0 Å². The van der Waals surface area contributed by atoms with Crippen molar-refractivity contribution in [1.82, 2.24) is 15.3 Å². The summed E-state index contributed by atoms with van der Waals surface area (Å²) in [6.45, 7) is 3.04. The molecule has 0 radical (unpaired) electrons. The number of hydrogen-bond donors (Lipinski definition) is 3. The van der Waals surface area contributed by atoms with Gasteiger partial charge in [-0.1, -0.05) is 42.5 Å². The van der Waals surface area contributed by atoms with Crippen molar-refractivity contribution < 1.29 is 27.5 Å². The minimum atomic E-state index is -1.99. The quantitative estimate of drug-likeness (QED) is 0.482. The number of carbonyl (C=O) groups is 2. The number of nitrogens with one attached hydrogen (secondary N) is 3. The summed E-state index contributed by atoms with van der Waals surface area (Å²) in [4.78, 5) is 40.0. The van der Waals surface area contributed by atoms with Crippen LogP contribution in [0.2, 0.25) is 0 Å². The molecule has 0 fully saturated rings. The van der Waals surface area contributed by atoms with Gasteiger partial charge in [0.05, 0.1) is 5.92 Å². The highest BCUT2D eigenvalue weighted by atomic mass is 19.2. The molecule has 1 aliphatic heterocycles. The van der Waals surface area contributed by atoms with E-state index >= 15 is 0 Å². The van der Waals surface area contributed by atoms with Crippen LogP contribution in [0.25, 0.3) is 0 Å². The fraction of sp³-hybridized carbons (Fsp3) is 0.321. The lowest BCUT2D eigenvalue weighted by Crippen LogP contribution is -2.41. The van der Waals surface area contributed by atoms with Crippen LogP contribution in [-0.2, 0) is 6.61 Å². The molecule has 11 heteroatoms. The molecule has 39 heavy (non-hydrogen) atoms. The van der Waals surface area contributed by atoms with Gasteiger partial charge in [-0.05, 0) is 31.9 Å². The van der Waals surface area contributed by atoms with Crippen LogP contribution in [0.15, 0.2) is 77.3 Å². The van der Waals surface area contributed by atoms with Crippen LogP contribution in [0.4, 0.5) is 13.2 Å². The number of ether oxygens (including phenoxy) is 1. The summed E-state index contributed by atoms with van der Waals surface area (Å²) in [5, 5.41) is 5.14. The summed E-state index contributed by atoms with van der Waals surface area (Å²) < 4.78 is 48.8. The monoisotopic (exact) mass is 542 g/mol. The maximum Gasteiger partial charge on any atom is 0.274 e. The maximum atomic E-state index is 14.2. The first-order chi connectivity index (χ1) is 18.6. The number of halogens is 3. The van der Waals surface area contributed by atoms with E-state index in [1.54, 1.807) is 31.2 Å². The molecule has 0 bridgehead atoms. The average Bonchev–Trinajstić information content (AvgIpc) is 2.87. The Hall–Kier alpha value is -4.28. The van der Waals surface area contributed by atoms with Crippen LogP contribution >= 0.6 is 0 Å². The predicted octanol–water partition coefficient (Wildman–Crippen LogP) is 3.84. The number of nitrogens with zero attached hydrogens (tertiary/aromatic N) is 1. The molecule has 2 amide bonds. The van der Waals surface area contributed by atoms with Gasteiger partial charge in [-0.3, -0.25) is 19.1 Å². The van der Waals surface area contributed by atoms with Crippen LogP contribution in [0.3, 0.4) is 0 Å². The molecule has 8 nitrogen and oxygen atoms in total. The maximum absolute atomic E-state index is 14.2. The molecule has 2 heterocycles. The Kier molecular flexibility index (Phi) is 8.58. The van der Waals surface area contributed by atoms with E-state index in [0.717, 1.165) is 11.8 Å². The molecule has 3 N–H and O–H groups in total. The normalized spacial score (nSPS) is 23.8. The SMILES string of the molecule is C[C@@H]1C/C=C\[C@H](C)NC(=O)c2c(OCc3ccccc3)c(=O)c(C(=O)NCC3C(F)=CC(F)=CC3F)cn2N1. The number of pyridine rings is 1. The largest absolute Gasteiger partial charge is 0.482 e. The number of amides is 2. The van der Waals surface area contributed by atoms with Gasteiger partial charge in [0, 0.05) is 30.9 Å². The molecule has 4 atom stereocenters. The Morgan fingerprint density at radius 1 is 1.18 bits per heavy atom. The van der Waals surface area contributed by atoms with Gasteiger partial charge >= 0.3 is 0 Å². The number of aromatic nitrogens is 1. The first kappa shape index (κ1) is 27.7. The molecular weight excluding hydrogens is 513 g/mol.